The van der Waals surface area contributed by atoms with Gasteiger partial charge in [-0.15, -0.1) is 34.0 Å². The van der Waals surface area contributed by atoms with Crippen LogP contribution in [-0.2, 0) is 10.9 Å². The van der Waals surface area contributed by atoms with E-state index in [0.717, 1.165) is 66.9 Å². The number of thiophene rings is 3. The zero-order valence-corrected chi connectivity index (χ0v) is 53.9. The zero-order valence-electron chi connectivity index (χ0n) is 49.2. The van der Waals surface area contributed by atoms with Gasteiger partial charge in [0, 0.05) is 87.3 Å². The fraction of sp³-hybridized carbons (Fsp3) is 0.154. The van der Waals surface area contributed by atoms with Crippen LogP contribution in [0.15, 0.2) is 171 Å². The summed E-state index contributed by atoms with van der Waals surface area (Å²) in [6.07, 6.45) is 3.77. The molecule has 27 heteroatoms. The highest BCUT2D eigenvalue weighted by atomic mass is 35.5. The van der Waals surface area contributed by atoms with Crippen LogP contribution in [0.25, 0.3) is 48.7 Å². The Morgan fingerprint density at radius 3 is 1.38 bits per heavy atom. The minimum absolute atomic E-state index is 0.130. The highest BCUT2D eigenvalue weighted by molar-refractivity contribution is 7.18. The van der Waals surface area contributed by atoms with Crippen LogP contribution >= 0.6 is 68.8 Å². The van der Waals surface area contributed by atoms with Gasteiger partial charge in [0.2, 0.25) is 0 Å². The van der Waals surface area contributed by atoms with Crippen molar-refractivity contribution in [2.75, 3.05) is 19.0 Å². The summed E-state index contributed by atoms with van der Waals surface area (Å²) in [7, 11) is 1.61. The minimum Gasteiger partial charge on any atom is -0.484 e. The molecule has 0 spiro atoms. The van der Waals surface area contributed by atoms with E-state index >= 15 is 0 Å². The highest BCUT2D eigenvalue weighted by Crippen LogP contribution is 2.43. The Morgan fingerprint density at radius 1 is 0.543 bits per heavy atom. The summed E-state index contributed by atoms with van der Waals surface area (Å²) in [5.74, 6) is -0.274. The van der Waals surface area contributed by atoms with Crippen molar-refractivity contribution in [2.24, 2.45) is 11.5 Å². The number of nitrogens with one attached hydrogen (secondary N) is 2. The van der Waals surface area contributed by atoms with Gasteiger partial charge in [0.15, 0.2) is 0 Å². The second-order valence-electron chi connectivity index (χ2n) is 20.1. The van der Waals surface area contributed by atoms with Crippen LogP contribution in [0.1, 0.15) is 97.3 Å². The first kappa shape index (κ1) is 65.5. The summed E-state index contributed by atoms with van der Waals surface area (Å²) in [5, 5.41) is 7.07. The smallest absolute Gasteiger partial charge is 0.416 e. The Hall–Kier alpha value is -9.43. The van der Waals surface area contributed by atoms with Gasteiger partial charge < -0.3 is 35.7 Å². The normalized spacial score (nSPS) is 12.2. The number of imidazole rings is 3. The quantitative estimate of drug-likeness (QED) is 0.0669. The molecule has 472 valence electrons. The molecule has 3 atom stereocenters. The number of hydrogen-bond acceptors (Lipinski definition) is 14. The van der Waals surface area contributed by atoms with Crippen molar-refractivity contribution < 1.29 is 51.3 Å². The van der Waals surface area contributed by atoms with Gasteiger partial charge in [-0.25, -0.2) is 19.7 Å². The number of carbonyl (C=O) groups excluding carboxylic acids is 4. The van der Waals surface area contributed by atoms with E-state index < -0.39 is 41.9 Å². The Balaban J connectivity index is 0.000000152. The number of primary amides is 2. The molecule has 0 saturated carbocycles. The molecule has 3 unspecified atom stereocenters. The number of hydrogen-bond donors (Lipinski definition) is 4. The molecule has 0 aliphatic rings. The van der Waals surface area contributed by atoms with Crippen LogP contribution in [0.4, 0.5) is 23.7 Å². The topological polar surface area (TPSA) is 233 Å². The molecule has 9 aromatic heterocycles. The van der Waals surface area contributed by atoms with Crippen LogP contribution in [-0.4, -0.2) is 65.6 Å². The Labute approximate surface area is 550 Å². The van der Waals surface area contributed by atoms with Gasteiger partial charge in [0.05, 0.1) is 62.5 Å². The third kappa shape index (κ3) is 14.7. The maximum absolute atomic E-state index is 13.0. The van der Waals surface area contributed by atoms with E-state index in [2.05, 4.69) is 25.6 Å². The van der Waals surface area contributed by atoms with E-state index in [0.29, 0.717) is 58.2 Å². The third-order valence-corrected chi connectivity index (χ3v) is 18.4. The maximum atomic E-state index is 13.0. The second kappa shape index (κ2) is 28.4. The molecule has 3 aromatic carbocycles. The number of ether oxygens (including phenoxy) is 4. The molecule has 0 saturated heterocycles. The van der Waals surface area contributed by atoms with Crippen molar-refractivity contribution in [3.05, 3.63) is 223 Å². The van der Waals surface area contributed by atoms with Crippen LogP contribution in [0.5, 0.6) is 17.2 Å². The number of aromatic nitrogens is 6. The number of benzene rings is 3. The largest absolute Gasteiger partial charge is 0.484 e. The van der Waals surface area contributed by atoms with Gasteiger partial charge in [0.1, 0.15) is 67.1 Å². The lowest BCUT2D eigenvalue weighted by Crippen LogP contribution is -2.17. The number of amides is 4. The monoisotopic (exact) mass is 1360 g/mol. The molecule has 0 radical (unpaired) electrons. The number of halogens is 6. The number of anilines is 1. The van der Waals surface area contributed by atoms with Gasteiger partial charge >= 0.3 is 12.3 Å². The average Bonchev–Trinajstić information content (AvgIpc) is 1.69. The number of nitrogens with zero attached hydrogens (tertiary/aromatic N) is 6. The first-order chi connectivity index (χ1) is 44.1. The summed E-state index contributed by atoms with van der Waals surface area (Å²) in [4.78, 5) is 64.3. The molecule has 92 heavy (non-hydrogen) atoms. The fourth-order valence-electron chi connectivity index (χ4n) is 9.54. The molecular formula is C65H54Cl3F3N10O8S3. The van der Waals surface area contributed by atoms with E-state index in [4.69, 9.17) is 65.2 Å². The van der Waals surface area contributed by atoms with E-state index in [-0.39, 0.29) is 34.9 Å². The third-order valence-electron chi connectivity index (χ3n) is 14.0. The lowest BCUT2D eigenvalue weighted by Gasteiger charge is -2.16. The summed E-state index contributed by atoms with van der Waals surface area (Å²) < 4.78 is 67.4. The average molecular weight is 1360 g/mol. The fourth-order valence-corrected chi connectivity index (χ4v) is 13.3. The van der Waals surface area contributed by atoms with E-state index in [9.17, 15) is 32.3 Å². The number of carbonyl (C=O) groups is 4. The standard InChI is InChI=1S/C23H21ClN4O4S.C21H15ClF3N3O2S.C21H18ClN3O2S/c1-3-31-23(30)27-14-8-9-28-17(12-26-20(28)10-14)19-11-18(21(33-19)22(25)29)32-13(2)15-6-4-5-7-16(15)24;1-11(13-4-2-3-5-14(13)22)30-16-9-17(31-19(16)20(26)29)15-10-27-18-8-12(21(23,24)25)6-7-28(15)18;1-13(14-7-3-4-8-15(14)22)27-17-11-18(28-20(17)21(26)23-2)16-12-24-19-9-5-6-10-25(16)19/h4-13H,3H2,1-2H3,(H2,25,29)(H,27,30);2-11H,1H3,(H2,26,29);3-13H,1-2H3,(H,23,26). The van der Waals surface area contributed by atoms with Crippen molar-refractivity contribution in [2.45, 2.75) is 52.2 Å². The molecule has 0 aliphatic heterocycles. The van der Waals surface area contributed by atoms with Crippen LogP contribution < -0.4 is 36.3 Å². The Bertz CT molecular complexity index is 4700. The highest BCUT2D eigenvalue weighted by Gasteiger charge is 2.32. The zero-order chi connectivity index (χ0) is 65.5. The summed E-state index contributed by atoms with van der Waals surface area (Å²) in [6.45, 7) is 7.58. The number of fused-ring (bicyclic) bond motifs is 3. The van der Waals surface area contributed by atoms with Crippen molar-refractivity contribution >= 4 is 115 Å². The molecule has 18 nitrogen and oxygen atoms in total. The van der Waals surface area contributed by atoms with Crippen LogP contribution in [0, 0.1) is 0 Å². The first-order valence-corrected chi connectivity index (χ1v) is 31.5. The van der Waals surface area contributed by atoms with E-state index in [1.807, 2.05) is 108 Å². The molecular weight excluding hydrogens is 1310 g/mol. The molecule has 4 amide bonds. The summed E-state index contributed by atoms with van der Waals surface area (Å²) >= 11 is 22.5. The van der Waals surface area contributed by atoms with Gasteiger partial charge in [-0.05, 0) is 76.2 Å². The Morgan fingerprint density at radius 2 is 0.946 bits per heavy atom. The lowest BCUT2D eigenvalue weighted by molar-refractivity contribution is -0.137. The van der Waals surface area contributed by atoms with Gasteiger partial charge in [-0.3, -0.25) is 32.9 Å². The first-order valence-electron chi connectivity index (χ1n) is 27.9. The van der Waals surface area contributed by atoms with Crippen molar-refractivity contribution in [3.63, 3.8) is 0 Å². The van der Waals surface area contributed by atoms with Crippen molar-refractivity contribution in [1.29, 1.82) is 0 Å². The molecule has 12 aromatic rings. The van der Waals surface area contributed by atoms with Gasteiger partial charge in [-0.1, -0.05) is 95.5 Å². The van der Waals surface area contributed by atoms with Crippen LogP contribution in [0.3, 0.4) is 0 Å². The lowest BCUT2D eigenvalue weighted by atomic mass is 10.1. The number of alkyl halides is 3. The molecule has 0 aliphatic carbocycles. The number of pyridine rings is 3. The molecule has 12 rings (SSSR count). The van der Waals surface area contributed by atoms with Crippen LogP contribution in [0.2, 0.25) is 15.1 Å². The van der Waals surface area contributed by atoms with Gasteiger partial charge in [0.25, 0.3) is 17.7 Å². The van der Waals surface area contributed by atoms with Crippen molar-refractivity contribution in [3.8, 4) is 49.0 Å². The number of nitrogens with two attached hydrogens (primary N) is 2. The summed E-state index contributed by atoms with van der Waals surface area (Å²) in [6, 6.07) is 38.6. The SMILES string of the molecule is CC(Oc1cc(-c2cnc3cc(C(F)(F)F)ccn23)sc1C(N)=O)c1ccccc1Cl.CCOC(=O)Nc1ccn2c(-c3cc(OC(C)c4ccccc4Cl)c(C(N)=O)s3)cnc2c1.CNC(=O)c1sc(-c2cnc3ccccn23)cc1OC(C)c1ccccc1Cl. The molecule has 6 N–H and O–H groups in total. The van der Waals surface area contributed by atoms with E-state index in [1.54, 1.807) is 82.0 Å². The minimum atomic E-state index is -4.47. The second-order valence-corrected chi connectivity index (χ2v) is 24.4. The maximum Gasteiger partial charge on any atom is 0.416 e. The molecule has 0 bridgehead atoms. The molecule has 0 fully saturated rings. The van der Waals surface area contributed by atoms with Gasteiger partial charge in [-0.2, -0.15) is 13.2 Å². The predicted octanol–water partition coefficient (Wildman–Crippen LogP) is 16.7. The van der Waals surface area contributed by atoms with E-state index in [1.165, 1.54) is 39.5 Å². The number of rotatable bonds is 17. The molecule has 9 heterocycles. The predicted molar refractivity (Wildman–Crippen MR) is 353 cm³/mol. The van der Waals surface area contributed by atoms with Crippen molar-refractivity contribution in [1.82, 2.24) is 33.5 Å². The summed E-state index contributed by atoms with van der Waals surface area (Å²) in [5.41, 5.74) is 17.1. The Kier molecular flexibility index (Phi) is 20.2.